The van der Waals surface area contributed by atoms with Crippen LogP contribution in [0.3, 0.4) is 0 Å². The van der Waals surface area contributed by atoms with Crippen LogP contribution < -0.4 is 10.2 Å². The lowest BCUT2D eigenvalue weighted by molar-refractivity contribution is -0.00572. The minimum absolute atomic E-state index is 0.159. The molecule has 1 aromatic rings. The minimum atomic E-state index is 0.159. The van der Waals surface area contributed by atoms with Crippen molar-refractivity contribution in [3.05, 3.63) is 5.28 Å². The number of nitrogens with zero attached hydrogens (tertiary/aromatic N) is 4. The number of halogens is 1. The topological polar surface area (TPSA) is 63.2 Å². The third-order valence-electron chi connectivity index (χ3n) is 2.83. The van der Waals surface area contributed by atoms with Crippen molar-refractivity contribution in [2.24, 2.45) is 0 Å². The van der Waals surface area contributed by atoms with Gasteiger partial charge >= 0.3 is 0 Å². The van der Waals surface area contributed by atoms with Gasteiger partial charge in [0.05, 0.1) is 12.2 Å². The van der Waals surface area contributed by atoms with E-state index in [9.17, 15) is 0 Å². The van der Waals surface area contributed by atoms with Gasteiger partial charge in [-0.15, -0.1) is 0 Å². The quantitative estimate of drug-likeness (QED) is 0.912. The zero-order chi connectivity index (χ0) is 13.8. The van der Waals surface area contributed by atoms with Crippen LogP contribution in [0.4, 0.5) is 11.9 Å². The van der Waals surface area contributed by atoms with Crippen molar-refractivity contribution in [3.63, 3.8) is 0 Å². The molecule has 0 amide bonds. The van der Waals surface area contributed by atoms with Crippen molar-refractivity contribution in [1.29, 1.82) is 0 Å². The summed E-state index contributed by atoms with van der Waals surface area (Å²) in [5.74, 6) is 1.14. The van der Waals surface area contributed by atoms with E-state index in [0.717, 1.165) is 26.1 Å². The van der Waals surface area contributed by atoms with Crippen molar-refractivity contribution in [3.8, 4) is 0 Å². The summed E-state index contributed by atoms with van der Waals surface area (Å²) in [5.41, 5.74) is 0. The van der Waals surface area contributed by atoms with E-state index >= 15 is 0 Å². The average molecular weight is 286 g/mol. The van der Waals surface area contributed by atoms with Gasteiger partial charge in [0.1, 0.15) is 0 Å². The molecule has 1 N–H and O–H groups in total. The van der Waals surface area contributed by atoms with Crippen LogP contribution in [0.15, 0.2) is 0 Å². The molecule has 2 rings (SSSR count). The number of nitrogens with one attached hydrogen (secondary N) is 1. The van der Waals surface area contributed by atoms with Crippen LogP contribution in [0.1, 0.15) is 27.2 Å². The second-order valence-corrected chi connectivity index (χ2v) is 5.16. The first-order valence-electron chi connectivity index (χ1n) is 6.64. The predicted octanol–water partition coefficient (Wildman–Crippen LogP) is 1.96. The van der Waals surface area contributed by atoms with E-state index in [4.69, 9.17) is 16.3 Å². The van der Waals surface area contributed by atoms with Crippen molar-refractivity contribution >= 4 is 23.5 Å². The molecule has 0 aliphatic carbocycles. The van der Waals surface area contributed by atoms with Crippen molar-refractivity contribution < 1.29 is 4.74 Å². The number of rotatable bonds is 4. The van der Waals surface area contributed by atoms with E-state index in [0.29, 0.717) is 11.9 Å². The SMILES string of the molecule is CCCNc1nc(Cl)nc(N2C[C@@H](C)O[C@@H](C)C2)n1. The fourth-order valence-electron chi connectivity index (χ4n) is 2.14. The van der Waals surface area contributed by atoms with E-state index < -0.39 is 0 Å². The Morgan fingerprint density at radius 2 is 1.95 bits per heavy atom. The Bertz CT molecular complexity index is 421. The molecular formula is C12H20ClN5O. The molecule has 0 unspecified atom stereocenters. The van der Waals surface area contributed by atoms with Gasteiger partial charge in [-0.05, 0) is 31.9 Å². The summed E-state index contributed by atoms with van der Waals surface area (Å²) in [7, 11) is 0. The summed E-state index contributed by atoms with van der Waals surface area (Å²) >= 11 is 5.96. The monoisotopic (exact) mass is 285 g/mol. The van der Waals surface area contributed by atoms with E-state index in [1.54, 1.807) is 0 Å². The van der Waals surface area contributed by atoms with Crippen LogP contribution >= 0.6 is 11.6 Å². The lowest BCUT2D eigenvalue weighted by atomic mass is 10.2. The minimum Gasteiger partial charge on any atom is -0.372 e. The smallest absolute Gasteiger partial charge is 0.231 e. The fourth-order valence-corrected chi connectivity index (χ4v) is 2.29. The first kappa shape index (κ1) is 14.3. The largest absolute Gasteiger partial charge is 0.372 e. The summed E-state index contributed by atoms with van der Waals surface area (Å²) in [4.78, 5) is 14.8. The van der Waals surface area contributed by atoms with E-state index in [2.05, 4.69) is 32.1 Å². The van der Waals surface area contributed by atoms with Crippen LogP contribution in [0.2, 0.25) is 5.28 Å². The fraction of sp³-hybridized carbons (Fsp3) is 0.750. The predicted molar refractivity (Wildman–Crippen MR) is 75.8 cm³/mol. The maximum atomic E-state index is 5.96. The molecule has 106 valence electrons. The number of morpholine rings is 1. The molecule has 1 fully saturated rings. The summed E-state index contributed by atoms with van der Waals surface area (Å²) in [6.45, 7) is 8.51. The Kier molecular flexibility index (Phi) is 4.76. The third kappa shape index (κ3) is 3.91. The van der Waals surface area contributed by atoms with Gasteiger partial charge in [-0.25, -0.2) is 0 Å². The molecule has 1 aromatic heterocycles. The van der Waals surface area contributed by atoms with E-state index in [-0.39, 0.29) is 17.5 Å². The second kappa shape index (κ2) is 6.34. The molecule has 6 nitrogen and oxygen atoms in total. The maximum Gasteiger partial charge on any atom is 0.231 e. The molecule has 0 spiro atoms. The maximum absolute atomic E-state index is 5.96. The normalized spacial score (nSPS) is 23.5. The summed E-state index contributed by atoms with van der Waals surface area (Å²) in [6.07, 6.45) is 1.32. The highest BCUT2D eigenvalue weighted by Gasteiger charge is 2.24. The first-order valence-corrected chi connectivity index (χ1v) is 7.02. The van der Waals surface area contributed by atoms with Crippen molar-refractivity contribution in [1.82, 2.24) is 15.0 Å². The van der Waals surface area contributed by atoms with Gasteiger partial charge in [-0.1, -0.05) is 6.92 Å². The second-order valence-electron chi connectivity index (χ2n) is 4.82. The summed E-state index contributed by atoms with van der Waals surface area (Å²) in [6, 6.07) is 0. The van der Waals surface area contributed by atoms with E-state index in [1.807, 2.05) is 13.8 Å². The Morgan fingerprint density at radius 3 is 2.58 bits per heavy atom. The summed E-state index contributed by atoms with van der Waals surface area (Å²) in [5, 5.41) is 3.35. The van der Waals surface area contributed by atoms with Gasteiger partial charge < -0.3 is 15.0 Å². The highest BCUT2D eigenvalue weighted by atomic mass is 35.5. The van der Waals surface area contributed by atoms with Crippen LogP contribution in [0.25, 0.3) is 0 Å². The Morgan fingerprint density at radius 1 is 1.26 bits per heavy atom. The first-order chi connectivity index (χ1) is 9.08. The van der Waals surface area contributed by atoms with Crippen LogP contribution in [-0.4, -0.2) is 46.8 Å². The van der Waals surface area contributed by atoms with Gasteiger partial charge in [0.2, 0.25) is 17.2 Å². The molecule has 1 saturated heterocycles. The lowest BCUT2D eigenvalue weighted by Gasteiger charge is -2.35. The summed E-state index contributed by atoms with van der Waals surface area (Å²) < 4.78 is 5.70. The molecule has 0 aromatic carbocycles. The van der Waals surface area contributed by atoms with Crippen LogP contribution in [0.5, 0.6) is 0 Å². The Labute approximate surface area is 118 Å². The molecule has 19 heavy (non-hydrogen) atoms. The van der Waals surface area contributed by atoms with E-state index in [1.165, 1.54) is 0 Å². The van der Waals surface area contributed by atoms with Crippen molar-refractivity contribution in [2.45, 2.75) is 39.4 Å². The standard InChI is InChI=1S/C12H20ClN5O/c1-4-5-14-11-15-10(13)16-12(17-11)18-6-8(2)19-9(3)7-18/h8-9H,4-7H2,1-3H3,(H,14,15,16,17)/t8-,9+. The molecule has 0 saturated carbocycles. The Balaban J connectivity index is 2.16. The number of aromatic nitrogens is 3. The zero-order valence-electron chi connectivity index (χ0n) is 11.6. The Hall–Kier alpha value is -1.14. The van der Waals surface area contributed by atoms with Gasteiger partial charge in [0.15, 0.2) is 0 Å². The number of hydrogen-bond donors (Lipinski definition) is 1. The molecule has 0 radical (unpaired) electrons. The van der Waals surface area contributed by atoms with Gasteiger partial charge in [-0.2, -0.15) is 15.0 Å². The molecule has 2 heterocycles. The average Bonchev–Trinajstić information content (AvgIpc) is 2.34. The molecule has 1 aliphatic rings. The van der Waals surface area contributed by atoms with Crippen LogP contribution in [-0.2, 0) is 4.74 Å². The zero-order valence-corrected chi connectivity index (χ0v) is 12.3. The molecule has 1 aliphatic heterocycles. The highest BCUT2D eigenvalue weighted by Crippen LogP contribution is 2.19. The molecule has 0 bridgehead atoms. The number of hydrogen-bond acceptors (Lipinski definition) is 6. The number of ether oxygens (including phenoxy) is 1. The molecular weight excluding hydrogens is 266 g/mol. The van der Waals surface area contributed by atoms with Gasteiger partial charge in [0, 0.05) is 19.6 Å². The van der Waals surface area contributed by atoms with Gasteiger partial charge in [0.25, 0.3) is 0 Å². The molecule has 2 atom stereocenters. The van der Waals surface area contributed by atoms with Crippen LogP contribution in [0, 0.1) is 0 Å². The third-order valence-corrected chi connectivity index (χ3v) is 3.00. The highest BCUT2D eigenvalue weighted by molar-refractivity contribution is 6.28. The number of anilines is 2. The van der Waals surface area contributed by atoms with Gasteiger partial charge in [-0.3, -0.25) is 0 Å². The molecule has 7 heteroatoms. The van der Waals surface area contributed by atoms with Crippen molar-refractivity contribution in [2.75, 3.05) is 29.9 Å². The lowest BCUT2D eigenvalue weighted by Crippen LogP contribution is -2.46.